The average molecular weight is 388 g/mol. The van der Waals surface area contributed by atoms with E-state index in [1.54, 1.807) is 19.1 Å². The molecule has 0 spiro atoms. The summed E-state index contributed by atoms with van der Waals surface area (Å²) < 4.78 is 0. The van der Waals surface area contributed by atoms with Gasteiger partial charge in [0, 0.05) is 24.2 Å². The van der Waals surface area contributed by atoms with Gasteiger partial charge in [-0.15, -0.1) is 0 Å². The molecule has 0 aromatic heterocycles. The van der Waals surface area contributed by atoms with Crippen LogP contribution in [0.3, 0.4) is 0 Å². The summed E-state index contributed by atoms with van der Waals surface area (Å²) >= 11 is 6.25. The number of rotatable bonds is 5. The number of nitro benzene ring substituents is 1. The van der Waals surface area contributed by atoms with Crippen molar-refractivity contribution < 1.29 is 9.72 Å². The van der Waals surface area contributed by atoms with Gasteiger partial charge < -0.3 is 5.32 Å². The first kappa shape index (κ1) is 19.3. The van der Waals surface area contributed by atoms with Crippen LogP contribution in [0.25, 0.3) is 0 Å². The predicted molar refractivity (Wildman–Crippen MR) is 106 cm³/mol. The van der Waals surface area contributed by atoms with E-state index in [-0.39, 0.29) is 17.5 Å². The molecule has 1 amide bonds. The van der Waals surface area contributed by atoms with Gasteiger partial charge in [-0.1, -0.05) is 35.9 Å². The van der Waals surface area contributed by atoms with E-state index in [2.05, 4.69) is 10.2 Å². The smallest absolute Gasteiger partial charge is 0.274 e. The number of nitro groups is 1. The normalized spacial score (nSPS) is 17.5. The lowest BCUT2D eigenvalue weighted by Gasteiger charge is -2.32. The summed E-state index contributed by atoms with van der Waals surface area (Å²) in [4.78, 5) is 25.6. The van der Waals surface area contributed by atoms with Crippen molar-refractivity contribution in [3.05, 3.63) is 68.7 Å². The molecule has 1 N–H and O–H groups in total. The molecule has 1 saturated heterocycles. The largest absolute Gasteiger partial charge is 0.325 e. The molecule has 1 aliphatic heterocycles. The Hall–Kier alpha value is -2.44. The fourth-order valence-corrected chi connectivity index (χ4v) is 3.67. The molecule has 1 heterocycles. The molecule has 27 heavy (non-hydrogen) atoms. The van der Waals surface area contributed by atoms with Crippen LogP contribution >= 0.6 is 11.6 Å². The molecule has 142 valence electrons. The van der Waals surface area contributed by atoms with Crippen LogP contribution < -0.4 is 5.32 Å². The van der Waals surface area contributed by atoms with Gasteiger partial charge in [0.25, 0.3) is 5.69 Å². The summed E-state index contributed by atoms with van der Waals surface area (Å²) in [5, 5.41) is 14.7. The Morgan fingerprint density at radius 2 is 2.07 bits per heavy atom. The molecule has 1 fully saturated rings. The highest BCUT2D eigenvalue weighted by molar-refractivity contribution is 6.31. The van der Waals surface area contributed by atoms with E-state index < -0.39 is 4.92 Å². The maximum Gasteiger partial charge on any atom is 0.274 e. The van der Waals surface area contributed by atoms with Crippen molar-refractivity contribution in [3.8, 4) is 0 Å². The van der Waals surface area contributed by atoms with Gasteiger partial charge in [-0.2, -0.15) is 0 Å². The summed E-state index contributed by atoms with van der Waals surface area (Å²) in [6.45, 7) is 3.92. The Bertz CT molecular complexity index is 856. The molecule has 7 heteroatoms. The number of halogens is 1. The second-order valence-electron chi connectivity index (χ2n) is 6.86. The number of amides is 1. The van der Waals surface area contributed by atoms with Crippen LogP contribution in [0.2, 0.25) is 5.02 Å². The predicted octanol–water partition coefficient (Wildman–Crippen LogP) is 4.41. The number of likely N-dealkylation sites (tertiary alicyclic amines) is 1. The molecule has 2 aromatic carbocycles. The number of nitrogens with one attached hydrogen (secondary N) is 1. The van der Waals surface area contributed by atoms with Gasteiger partial charge in [0.2, 0.25) is 5.91 Å². The van der Waals surface area contributed by atoms with E-state index in [1.165, 1.54) is 6.07 Å². The SMILES string of the molecule is Cc1c(NC(=O)C2CCCN(Cc3ccccc3Cl)C2)cccc1[N+](=O)[O-]. The minimum Gasteiger partial charge on any atom is -0.325 e. The van der Waals surface area contributed by atoms with Crippen molar-refractivity contribution in [2.45, 2.75) is 26.3 Å². The van der Waals surface area contributed by atoms with Gasteiger partial charge in [-0.05, 0) is 44.0 Å². The number of carbonyl (C=O) groups excluding carboxylic acids is 1. The fraction of sp³-hybridized carbons (Fsp3) is 0.350. The third-order valence-electron chi connectivity index (χ3n) is 4.99. The topological polar surface area (TPSA) is 75.5 Å². The number of benzene rings is 2. The van der Waals surface area contributed by atoms with Gasteiger partial charge in [-0.3, -0.25) is 19.8 Å². The van der Waals surface area contributed by atoms with E-state index in [4.69, 9.17) is 11.6 Å². The fourth-order valence-electron chi connectivity index (χ4n) is 3.47. The molecule has 0 aliphatic carbocycles. The van der Waals surface area contributed by atoms with Crippen molar-refractivity contribution in [1.82, 2.24) is 4.90 Å². The van der Waals surface area contributed by atoms with Crippen LogP contribution in [-0.2, 0) is 11.3 Å². The van der Waals surface area contributed by atoms with E-state index in [9.17, 15) is 14.9 Å². The molecule has 1 atom stereocenters. The van der Waals surface area contributed by atoms with Gasteiger partial charge in [0.15, 0.2) is 0 Å². The first-order chi connectivity index (χ1) is 13.0. The maximum absolute atomic E-state index is 12.7. The molecule has 2 aromatic rings. The zero-order valence-corrected chi connectivity index (χ0v) is 15.9. The van der Waals surface area contributed by atoms with Crippen molar-refractivity contribution >= 4 is 28.9 Å². The molecule has 0 bridgehead atoms. The molecule has 6 nitrogen and oxygen atoms in total. The third-order valence-corrected chi connectivity index (χ3v) is 5.36. The minimum atomic E-state index is -0.434. The molecular weight excluding hydrogens is 366 g/mol. The van der Waals surface area contributed by atoms with E-state index in [0.29, 0.717) is 24.3 Å². The summed E-state index contributed by atoms with van der Waals surface area (Å²) in [6, 6.07) is 12.5. The maximum atomic E-state index is 12.7. The van der Waals surface area contributed by atoms with Crippen LogP contribution in [0, 0.1) is 23.0 Å². The highest BCUT2D eigenvalue weighted by Gasteiger charge is 2.27. The number of piperidine rings is 1. The van der Waals surface area contributed by atoms with E-state index >= 15 is 0 Å². The Morgan fingerprint density at radius 1 is 1.30 bits per heavy atom. The van der Waals surface area contributed by atoms with Gasteiger partial charge in [0.1, 0.15) is 0 Å². The zero-order chi connectivity index (χ0) is 19.4. The summed E-state index contributed by atoms with van der Waals surface area (Å²) in [6.07, 6.45) is 1.73. The molecule has 1 unspecified atom stereocenters. The van der Waals surface area contributed by atoms with Gasteiger partial charge >= 0.3 is 0 Å². The summed E-state index contributed by atoms with van der Waals surface area (Å²) in [7, 11) is 0. The van der Waals surface area contributed by atoms with Gasteiger partial charge in [-0.25, -0.2) is 0 Å². The highest BCUT2D eigenvalue weighted by atomic mass is 35.5. The zero-order valence-electron chi connectivity index (χ0n) is 15.2. The number of nitrogens with zero attached hydrogens (tertiary/aromatic N) is 2. The monoisotopic (exact) mass is 387 g/mol. The number of carbonyl (C=O) groups is 1. The molecular formula is C20H22ClN3O3. The minimum absolute atomic E-state index is 0.0109. The average Bonchev–Trinajstić information content (AvgIpc) is 2.65. The Morgan fingerprint density at radius 3 is 2.81 bits per heavy atom. The van der Waals surface area contributed by atoms with Crippen LogP contribution in [0.4, 0.5) is 11.4 Å². The van der Waals surface area contributed by atoms with Gasteiger partial charge in [0.05, 0.1) is 22.1 Å². The van der Waals surface area contributed by atoms with E-state index in [0.717, 1.165) is 30.0 Å². The quantitative estimate of drug-likeness (QED) is 0.609. The first-order valence-corrected chi connectivity index (χ1v) is 9.34. The number of anilines is 1. The lowest BCUT2D eigenvalue weighted by molar-refractivity contribution is -0.385. The van der Waals surface area contributed by atoms with E-state index in [1.807, 2.05) is 24.3 Å². The number of hydrogen-bond acceptors (Lipinski definition) is 4. The third kappa shape index (κ3) is 4.64. The van der Waals surface area contributed by atoms with Crippen LogP contribution in [0.5, 0.6) is 0 Å². The van der Waals surface area contributed by atoms with Crippen molar-refractivity contribution in [2.75, 3.05) is 18.4 Å². The standard InChI is InChI=1S/C20H22ClN3O3/c1-14-18(9-4-10-19(14)24(26)27)22-20(25)16-7-5-11-23(13-16)12-15-6-2-3-8-17(15)21/h2-4,6,8-10,16H,5,7,11-13H2,1H3,(H,22,25). The van der Waals surface area contributed by atoms with Crippen molar-refractivity contribution in [2.24, 2.45) is 5.92 Å². The molecule has 1 aliphatic rings. The lowest BCUT2D eigenvalue weighted by atomic mass is 9.96. The molecule has 0 saturated carbocycles. The molecule has 3 rings (SSSR count). The Labute approximate surface area is 163 Å². The van der Waals surface area contributed by atoms with Crippen molar-refractivity contribution in [1.29, 1.82) is 0 Å². The summed E-state index contributed by atoms with van der Waals surface area (Å²) in [5.41, 5.74) is 2.03. The van der Waals surface area contributed by atoms with Crippen molar-refractivity contribution in [3.63, 3.8) is 0 Å². The Kier molecular flexibility index (Phi) is 6.08. The van der Waals surface area contributed by atoms with Crippen LogP contribution in [0.15, 0.2) is 42.5 Å². The second kappa shape index (κ2) is 8.50. The second-order valence-corrected chi connectivity index (χ2v) is 7.27. The lowest BCUT2D eigenvalue weighted by Crippen LogP contribution is -2.40. The molecule has 0 radical (unpaired) electrons. The summed E-state index contributed by atoms with van der Waals surface area (Å²) in [5.74, 6) is -0.248. The highest BCUT2D eigenvalue weighted by Crippen LogP contribution is 2.27. The number of hydrogen-bond donors (Lipinski definition) is 1. The Balaban J connectivity index is 1.66. The van der Waals surface area contributed by atoms with Crippen LogP contribution in [-0.4, -0.2) is 28.8 Å². The van der Waals surface area contributed by atoms with Crippen LogP contribution in [0.1, 0.15) is 24.0 Å². The first-order valence-electron chi connectivity index (χ1n) is 8.96.